The molecule has 1 aliphatic rings. The fourth-order valence-electron chi connectivity index (χ4n) is 3.53. The second kappa shape index (κ2) is 9.37. The Kier molecular flexibility index (Phi) is 6.65. The third-order valence-electron chi connectivity index (χ3n) is 5.03. The molecule has 1 aromatic heterocycles. The number of likely N-dealkylation sites (N-methyl/N-ethyl adjacent to an activating group) is 2. The van der Waals surface area contributed by atoms with Gasteiger partial charge in [0.2, 0.25) is 0 Å². The number of hydrogen-bond donors (Lipinski definition) is 0. The summed E-state index contributed by atoms with van der Waals surface area (Å²) in [6, 6.07) is 11.3. The number of hydrogen-bond acceptors (Lipinski definition) is 5. The van der Waals surface area contributed by atoms with Crippen LogP contribution in [0.1, 0.15) is 31.9 Å². The SMILES string of the molecule is CCOc1ccc(C2=C(N(CC)CCc3ccncc3)C(=O)N(CC)C2=O)cc1. The maximum absolute atomic E-state index is 13.1. The Bertz CT molecular complexity index is 891. The van der Waals surface area contributed by atoms with Crippen molar-refractivity contribution in [2.75, 3.05) is 26.2 Å². The number of nitrogens with zero attached hydrogens (tertiary/aromatic N) is 3. The molecule has 0 spiro atoms. The van der Waals surface area contributed by atoms with Gasteiger partial charge >= 0.3 is 0 Å². The fraction of sp³-hybridized carbons (Fsp3) is 0.348. The van der Waals surface area contributed by atoms with Crippen molar-refractivity contribution in [2.24, 2.45) is 0 Å². The van der Waals surface area contributed by atoms with E-state index in [0.717, 1.165) is 23.3 Å². The first-order chi connectivity index (χ1) is 14.1. The lowest BCUT2D eigenvalue weighted by atomic mass is 10.0. The van der Waals surface area contributed by atoms with Crippen LogP contribution in [-0.2, 0) is 16.0 Å². The lowest BCUT2D eigenvalue weighted by Crippen LogP contribution is -2.35. The largest absolute Gasteiger partial charge is 0.494 e. The normalized spacial score (nSPS) is 14.0. The number of amides is 2. The van der Waals surface area contributed by atoms with Crippen molar-refractivity contribution in [2.45, 2.75) is 27.2 Å². The van der Waals surface area contributed by atoms with Crippen molar-refractivity contribution in [3.05, 3.63) is 65.6 Å². The van der Waals surface area contributed by atoms with Crippen LogP contribution in [0.3, 0.4) is 0 Å². The summed E-state index contributed by atoms with van der Waals surface area (Å²) in [7, 11) is 0. The van der Waals surface area contributed by atoms with Crippen molar-refractivity contribution in [1.29, 1.82) is 0 Å². The fourth-order valence-corrected chi connectivity index (χ4v) is 3.53. The Labute approximate surface area is 171 Å². The molecule has 0 radical (unpaired) electrons. The zero-order valence-corrected chi connectivity index (χ0v) is 17.2. The van der Waals surface area contributed by atoms with Crippen LogP contribution in [0.4, 0.5) is 0 Å². The van der Waals surface area contributed by atoms with Crippen molar-refractivity contribution >= 4 is 17.4 Å². The third-order valence-corrected chi connectivity index (χ3v) is 5.03. The number of imide groups is 1. The predicted octanol–water partition coefficient (Wildman–Crippen LogP) is 3.14. The summed E-state index contributed by atoms with van der Waals surface area (Å²) in [6.07, 6.45) is 4.29. The molecule has 6 heteroatoms. The van der Waals surface area contributed by atoms with Crippen molar-refractivity contribution in [1.82, 2.24) is 14.8 Å². The summed E-state index contributed by atoms with van der Waals surface area (Å²) < 4.78 is 5.50. The zero-order chi connectivity index (χ0) is 20.8. The Morgan fingerprint density at radius 3 is 2.24 bits per heavy atom. The highest BCUT2D eigenvalue weighted by Crippen LogP contribution is 2.32. The van der Waals surface area contributed by atoms with Crippen molar-refractivity contribution in [3.8, 4) is 5.75 Å². The summed E-state index contributed by atoms with van der Waals surface area (Å²) in [5, 5.41) is 0. The quantitative estimate of drug-likeness (QED) is 0.613. The average Bonchev–Trinajstić information content (AvgIpc) is 3.00. The second-order valence-electron chi connectivity index (χ2n) is 6.72. The van der Waals surface area contributed by atoms with E-state index in [2.05, 4.69) is 4.98 Å². The molecule has 0 bridgehead atoms. The Morgan fingerprint density at radius 1 is 0.966 bits per heavy atom. The van der Waals surface area contributed by atoms with Crippen LogP contribution < -0.4 is 4.74 Å². The molecule has 3 rings (SSSR count). The molecule has 152 valence electrons. The number of benzene rings is 1. The smallest absolute Gasteiger partial charge is 0.277 e. The van der Waals surface area contributed by atoms with Gasteiger partial charge in [-0.2, -0.15) is 0 Å². The van der Waals surface area contributed by atoms with E-state index < -0.39 is 0 Å². The van der Waals surface area contributed by atoms with Gasteiger partial charge in [0.05, 0.1) is 12.2 Å². The number of carbonyl (C=O) groups excluding carboxylic acids is 2. The van der Waals surface area contributed by atoms with Gasteiger partial charge in [-0.1, -0.05) is 12.1 Å². The lowest BCUT2D eigenvalue weighted by Gasteiger charge is -2.24. The van der Waals surface area contributed by atoms with Gasteiger partial charge in [0.25, 0.3) is 11.8 Å². The van der Waals surface area contributed by atoms with Crippen molar-refractivity contribution < 1.29 is 14.3 Å². The molecule has 0 saturated heterocycles. The standard InChI is InChI=1S/C23H27N3O3/c1-4-25(16-13-17-11-14-24-15-12-17)21-20(22(27)26(5-2)23(21)28)18-7-9-19(10-8-18)29-6-3/h7-12,14-15H,4-6,13,16H2,1-3H3. The lowest BCUT2D eigenvalue weighted by molar-refractivity contribution is -0.137. The van der Waals surface area contributed by atoms with E-state index in [-0.39, 0.29) is 11.8 Å². The topological polar surface area (TPSA) is 62.7 Å². The molecule has 6 nitrogen and oxygen atoms in total. The van der Waals surface area contributed by atoms with E-state index in [1.165, 1.54) is 4.90 Å². The molecular formula is C23H27N3O3. The van der Waals surface area contributed by atoms with Gasteiger partial charge in [-0.3, -0.25) is 19.5 Å². The number of ether oxygens (including phenoxy) is 1. The second-order valence-corrected chi connectivity index (χ2v) is 6.72. The molecule has 29 heavy (non-hydrogen) atoms. The van der Waals surface area contributed by atoms with Gasteiger partial charge in [0.15, 0.2) is 0 Å². The highest BCUT2D eigenvalue weighted by Gasteiger charge is 2.40. The van der Waals surface area contributed by atoms with Crippen LogP contribution in [0, 0.1) is 0 Å². The summed E-state index contributed by atoms with van der Waals surface area (Å²) in [6.45, 7) is 7.96. The molecule has 0 fully saturated rings. The summed E-state index contributed by atoms with van der Waals surface area (Å²) in [5.74, 6) is 0.282. The van der Waals surface area contributed by atoms with Gasteiger partial charge in [-0.25, -0.2) is 0 Å². The van der Waals surface area contributed by atoms with Crippen LogP contribution in [0.25, 0.3) is 5.57 Å². The van der Waals surface area contributed by atoms with E-state index in [9.17, 15) is 9.59 Å². The first-order valence-electron chi connectivity index (χ1n) is 10.1. The van der Waals surface area contributed by atoms with Crippen LogP contribution in [0.5, 0.6) is 5.75 Å². The molecule has 2 amide bonds. The minimum atomic E-state index is -0.237. The van der Waals surface area contributed by atoms with E-state index in [1.807, 2.05) is 62.1 Å². The molecule has 0 saturated carbocycles. The van der Waals surface area contributed by atoms with E-state index in [4.69, 9.17) is 4.74 Å². The van der Waals surface area contributed by atoms with Crippen LogP contribution in [-0.4, -0.2) is 52.8 Å². The van der Waals surface area contributed by atoms with Crippen LogP contribution in [0.15, 0.2) is 54.5 Å². The number of pyridine rings is 1. The van der Waals surface area contributed by atoms with E-state index >= 15 is 0 Å². The molecule has 2 aromatic rings. The average molecular weight is 393 g/mol. The van der Waals surface area contributed by atoms with Gasteiger partial charge in [0, 0.05) is 32.0 Å². The third kappa shape index (κ3) is 4.31. The zero-order valence-electron chi connectivity index (χ0n) is 17.2. The molecule has 0 N–H and O–H groups in total. The molecule has 1 aliphatic heterocycles. The van der Waals surface area contributed by atoms with Gasteiger partial charge < -0.3 is 9.64 Å². The maximum atomic E-state index is 13.1. The highest BCUT2D eigenvalue weighted by molar-refractivity contribution is 6.35. The number of carbonyl (C=O) groups is 2. The molecule has 1 aromatic carbocycles. The number of aromatic nitrogens is 1. The van der Waals surface area contributed by atoms with Gasteiger partial charge in [-0.05, 0) is 62.6 Å². The summed E-state index contributed by atoms with van der Waals surface area (Å²) in [5.41, 5.74) is 2.83. The van der Waals surface area contributed by atoms with E-state index in [1.54, 1.807) is 12.4 Å². The van der Waals surface area contributed by atoms with Crippen molar-refractivity contribution in [3.63, 3.8) is 0 Å². The molecule has 0 atom stereocenters. The molecule has 0 aliphatic carbocycles. The predicted molar refractivity (Wildman–Crippen MR) is 112 cm³/mol. The first kappa shape index (κ1) is 20.6. The van der Waals surface area contributed by atoms with Crippen LogP contribution in [0.2, 0.25) is 0 Å². The Balaban J connectivity index is 1.96. The molecule has 0 unspecified atom stereocenters. The summed E-state index contributed by atoms with van der Waals surface area (Å²) in [4.78, 5) is 33.5. The first-order valence-corrected chi connectivity index (χ1v) is 10.1. The monoisotopic (exact) mass is 393 g/mol. The minimum absolute atomic E-state index is 0.224. The summed E-state index contributed by atoms with van der Waals surface area (Å²) >= 11 is 0. The van der Waals surface area contributed by atoms with Crippen LogP contribution >= 0.6 is 0 Å². The molecule has 2 heterocycles. The maximum Gasteiger partial charge on any atom is 0.277 e. The van der Waals surface area contributed by atoms with Gasteiger partial charge in [0.1, 0.15) is 11.4 Å². The Hall–Kier alpha value is -3.15. The minimum Gasteiger partial charge on any atom is -0.494 e. The molecular weight excluding hydrogens is 366 g/mol. The number of rotatable bonds is 9. The Morgan fingerprint density at radius 2 is 1.66 bits per heavy atom. The highest BCUT2D eigenvalue weighted by atomic mass is 16.5. The van der Waals surface area contributed by atoms with E-state index in [0.29, 0.717) is 37.5 Å². The van der Waals surface area contributed by atoms with Gasteiger partial charge in [-0.15, -0.1) is 0 Å².